The first kappa shape index (κ1) is 20.9. The Morgan fingerprint density at radius 3 is 2.37 bits per heavy atom. The van der Waals surface area contributed by atoms with Gasteiger partial charge in [0, 0.05) is 24.5 Å². The molecule has 27 heavy (non-hydrogen) atoms. The van der Waals surface area contributed by atoms with E-state index in [0.717, 1.165) is 11.1 Å². The maximum Gasteiger partial charge on any atom is 0.242 e. The van der Waals surface area contributed by atoms with E-state index in [0.29, 0.717) is 24.4 Å². The fraction of sp³-hybridized carbons (Fsp3) is 0.333. The van der Waals surface area contributed by atoms with Crippen molar-refractivity contribution < 1.29 is 14.7 Å². The maximum absolute atomic E-state index is 12.9. The van der Waals surface area contributed by atoms with Gasteiger partial charge in [0.15, 0.2) is 0 Å². The van der Waals surface area contributed by atoms with Gasteiger partial charge in [0.05, 0.1) is 6.61 Å². The summed E-state index contributed by atoms with van der Waals surface area (Å²) in [5, 5.41) is 12.2. The Balaban J connectivity index is 2.10. The largest absolute Gasteiger partial charge is 0.395 e. The van der Waals surface area contributed by atoms with Crippen molar-refractivity contribution in [3.8, 4) is 0 Å². The first-order valence-electron chi connectivity index (χ1n) is 8.97. The minimum atomic E-state index is -0.643. The molecule has 144 valence electrons. The third-order valence-corrected chi connectivity index (χ3v) is 4.57. The number of nitrogens with zero attached hydrogens (tertiary/aromatic N) is 1. The predicted octanol–water partition coefficient (Wildman–Crippen LogP) is 2.80. The monoisotopic (exact) mass is 388 g/mol. The molecule has 2 N–H and O–H groups in total. The standard InChI is InChI=1S/C21H25ClN2O3/c1-16(21(27)23-13-14-25)24(15-18-7-10-19(22)11-8-18)20(26)12-9-17-5-3-2-4-6-17/h2-8,10-11,16,25H,9,12-15H2,1H3,(H,23,27)/t16-/m1/s1. The molecule has 5 nitrogen and oxygen atoms in total. The molecule has 0 saturated carbocycles. The highest BCUT2D eigenvalue weighted by Gasteiger charge is 2.25. The first-order chi connectivity index (χ1) is 13.0. The van der Waals surface area contributed by atoms with Crippen molar-refractivity contribution >= 4 is 23.4 Å². The molecular weight excluding hydrogens is 364 g/mol. The van der Waals surface area contributed by atoms with E-state index in [-0.39, 0.29) is 25.0 Å². The van der Waals surface area contributed by atoms with Gasteiger partial charge in [-0.15, -0.1) is 0 Å². The highest BCUT2D eigenvalue weighted by Crippen LogP contribution is 2.15. The number of hydrogen-bond acceptors (Lipinski definition) is 3. The van der Waals surface area contributed by atoms with Crippen LogP contribution in [0, 0.1) is 0 Å². The molecule has 0 saturated heterocycles. The summed E-state index contributed by atoms with van der Waals surface area (Å²) in [6.07, 6.45) is 0.928. The summed E-state index contributed by atoms with van der Waals surface area (Å²) in [7, 11) is 0. The maximum atomic E-state index is 12.9. The van der Waals surface area contributed by atoms with Crippen LogP contribution >= 0.6 is 11.6 Å². The van der Waals surface area contributed by atoms with Gasteiger partial charge in [0.2, 0.25) is 11.8 Å². The van der Waals surface area contributed by atoms with Crippen molar-refractivity contribution in [3.63, 3.8) is 0 Å². The lowest BCUT2D eigenvalue weighted by atomic mass is 10.1. The molecule has 0 fully saturated rings. The smallest absolute Gasteiger partial charge is 0.242 e. The summed E-state index contributed by atoms with van der Waals surface area (Å²) >= 11 is 5.93. The Bertz CT molecular complexity index is 735. The van der Waals surface area contributed by atoms with Crippen molar-refractivity contribution in [1.82, 2.24) is 10.2 Å². The second kappa shape index (κ2) is 10.7. The number of aliphatic hydroxyl groups excluding tert-OH is 1. The molecule has 0 bridgehead atoms. The van der Waals surface area contributed by atoms with Gasteiger partial charge in [-0.25, -0.2) is 0 Å². The molecule has 0 unspecified atom stereocenters. The Kier molecular flexibility index (Phi) is 8.30. The number of aryl methyl sites for hydroxylation is 1. The lowest BCUT2D eigenvalue weighted by molar-refractivity contribution is -0.140. The van der Waals surface area contributed by atoms with Crippen LogP contribution in [0.4, 0.5) is 0 Å². The van der Waals surface area contributed by atoms with E-state index < -0.39 is 6.04 Å². The number of carbonyl (C=O) groups excluding carboxylic acids is 2. The van der Waals surface area contributed by atoms with Crippen LogP contribution < -0.4 is 5.32 Å². The summed E-state index contributed by atoms with van der Waals surface area (Å²) in [5.74, 6) is -0.383. The van der Waals surface area contributed by atoms with E-state index in [2.05, 4.69) is 5.32 Å². The zero-order valence-corrected chi connectivity index (χ0v) is 16.2. The SMILES string of the molecule is C[C@H](C(=O)NCCO)N(Cc1ccc(Cl)cc1)C(=O)CCc1ccccc1. The van der Waals surface area contributed by atoms with Gasteiger partial charge in [0.1, 0.15) is 6.04 Å². The first-order valence-corrected chi connectivity index (χ1v) is 9.35. The van der Waals surface area contributed by atoms with Crippen molar-refractivity contribution in [1.29, 1.82) is 0 Å². The molecule has 2 amide bonds. The second-order valence-electron chi connectivity index (χ2n) is 6.32. The van der Waals surface area contributed by atoms with Crippen LogP contribution in [0.3, 0.4) is 0 Å². The van der Waals surface area contributed by atoms with E-state index in [4.69, 9.17) is 16.7 Å². The van der Waals surface area contributed by atoms with E-state index >= 15 is 0 Å². The van der Waals surface area contributed by atoms with Gasteiger partial charge < -0.3 is 15.3 Å². The molecule has 2 aromatic carbocycles. The fourth-order valence-electron chi connectivity index (χ4n) is 2.74. The molecule has 0 heterocycles. The molecule has 0 aliphatic heterocycles. The molecule has 0 aromatic heterocycles. The molecule has 0 spiro atoms. The zero-order valence-electron chi connectivity index (χ0n) is 15.4. The van der Waals surface area contributed by atoms with Crippen LogP contribution in [0.5, 0.6) is 0 Å². The van der Waals surface area contributed by atoms with Gasteiger partial charge in [-0.3, -0.25) is 9.59 Å². The Labute approximate surface area is 165 Å². The molecule has 2 aromatic rings. The van der Waals surface area contributed by atoms with Crippen molar-refractivity contribution in [2.24, 2.45) is 0 Å². The van der Waals surface area contributed by atoms with Crippen LogP contribution in [0.1, 0.15) is 24.5 Å². The molecule has 0 aliphatic rings. The van der Waals surface area contributed by atoms with Gasteiger partial charge in [0.25, 0.3) is 0 Å². The minimum absolute atomic E-state index is 0.0968. The van der Waals surface area contributed by atoms with Crippen LogP contribution in [0.15, 0.2) is 54.6 Å². The average Bonchev–Trinajstić information content (AvgIpc) is 2.70. The van der Waals surface area contributed by atoms with Crippen LogP contribution in [0.2, 0.25) is 5.02 Å². The van der Waals surface area contributed by atoms with Crippen LogP contribution in [0.25, 0.3) is 0 Å². The van der Waals surface area contributed by atoms with E-state index in [1.54, 1.807) is 24.0 Å². The predicted molar refractivity (Wildman–Crippen MR) is 106 cm³/mol. The van der Waals surface area contributed by atoms with Crippen LogP contribution in [-0.2, 0) is 22.6 Å². The lowest BCUT2D eigenvalue weighted by Crippen LogP contribution is -2.48. The second-order valence-corrected chi connectivity index (χ2v) is 6.76. The third-order valence-electron chi connectivity index (χ3n) is 4.31. The zero-order chi connectivity index (χ0) is 19.6. The number of aliphatic hydroxyl groups is 1. The topological polar surface area (TPSA) is 69.6 Å². The number of halogens is 1. The number of hydrogen-bond donors (Lipinski definition) is 2. The van der Waals surface area contributed by atoms with Gasteiger partial charge >= 0.3 is 0 Å². The Hall–Kier alpha value is -2.37. The molecule has 2 rings (SSSR count). The molecule has 6 heteroatoms. The number of benzene rings is 2. The molecule has 0 aliphatic carbocycles. The Morgan fingerprint density at radius 2 is 1.74 bits per heavy atom. The van der Waals surface area contributed by atoms with E-state index in [1.807, 2.05) is 42.5 Å². The lowest BCUT2D eigenvalue weighted by Gasteiger charge is -2.29. The molecule has 0 radical (unpaired) electrons. The average molecular weight is 389 g/mol. The number of carbonyl (C=O) groups is 2. The van der Waals surface area contributed by atoms with Gasteiger partial charge in [-0.05, 0) is 36.6 Å². The van der Waals surface area contributed by atoms with Crippen molar-refractivity contribution in [3.05, 3.63) is 70.7 Å². The van der Waals surface area contributed by atoms with Gasteiger partial charge in [-0.1, -0.05) is 54.1 Å². The van der Waals surface area contributed by atoms with Crippen molar-refractivity contribution in [2.75, 3.05) is 13.2 Å². The summed E-state index contributed by atoms with van der Waals surface area (Å²) in [4.78, 5) is 26.8. The minimum Gasteiger partial charge on any atom is -0.395 e. The van der Waals surface area contributed by atoms with Gasteiger partial charge in [-0.2, -0.15) is 0 Å². The number of rotatable bonds is 9. The number of amides is 2. The normalized spacial score (nSPS) is 11.7. The quantitative estimate of drug-likeness (QED) is 0.694. The molecule has 1 atom stereocenters. The highest BCUT2D eigenvalue weighted by atomic mass is 35.5. The summed E-state index contributed by atoms with van der Waals surface area (Å²) in [6, 6.07) is 16.4. The highest BCUT2D eigenvalue weighted by molar-refractivity contribution is 6.30. The summed E-state index contributed by atoms with van der Waals surface area (Å²) in [5.41, 5.74) is 1.98. The summed E-state index contributed by atoms with van der Waals surface area (Å²) < 4.78 is 0. The number of nitrogens with one attached hydrogen (secondary N) is 1. The van der Waals surface area contributed by atoms with E-state index in [1.165, 1.54) is 0 Å². The molecular formula is C21H25ClN2O3. The van der Waals surface area contributed by atoms with Crippen molar-refractivity contribution in [2.45, 2.75) is 32.4 Å². The third kappa shape index (κ3) is 6.70. The van der Waals surface area contributed by atoms with E-state index in [9.17, 15) is 9.59 Å². The Morgan fingerprint density at radius 1 is 1.07 bits per heavy atom. The summed E-state index contributed by atoms with van der Waals surface area (Å²) in [6.45, 7) is 2.04. The fourth-order valence-corrected chi connectivity index (χ4v) is 2.86. The van der Waals surface area contributed by atoms with Crippen LogP contribution in [-0.4, -0.2) is 41.0 Å².